The van der Waals surface area contributed by atoms with E-state index in [9.17, 15) is 9.59 Å². The van der Waals surface area contributed by atoms with E-state index in [1.54, 1.807) is 0 Å². The summed E-state index contributed by atoms with van der Waals surface area (Å²) >= 11 is 0. The van der Waals surface area contributed by atoms with E-state index in [2.05, 4.69) is 0 Å². The summed E-state index contributed by atoms with van der Waals surface area (Å²) in [6.07, 6.45) is 0. The molecule has 0 saturated heterocycles. The van der Waals surface area contributed by atoms with Gasteiger partial charge in [-0.15, -0.1) is 0 Å². The fourth-order valence-electron chi connectivity index (χ4n) is 0.755. The minimum atomic E-state index is -1.06. The number of benzene rings is 1. The summed E-state index contributed by atoms with van der Waals surface area (Å²) < 4.78 is 0. The van der Waals surface area contributed by atoms with Gasteiger partial charge >= 0.3 is 11.9 Å². The van der Waals surface area contributed by atoms with Crippen molar-refractivity contribution >= 4 is 11.9 Å². The topological polar surface area (TPSA) is 74.6 Å². The Morgan fingerprint density at radius 3 is 1.23 bits per heavy atom. The van der Waals surface area contributed by atoms with E-state index in [0.29, 0.717) is 0 Å². The number of hydrogen-bond donors (Lipinski definition) is 2. The molecule has 0 atom stereocenters. The predicted octanol–water partition coefficient (Wildman–Crippen LogP) is 1.08. The zero-order chi connectivity index (χ0) is 9.14. The summed E-state index contributed by atoms with van der Waals surface area (Å²) in [4.78, 5) is 20.7. The molecule has 0 aromatic heterocycles. The largest absolute Gasteiger partial charge is 0.478 e. The minimum absolute atomic E-state index is 0. The second-order valence-electron chi connectivity index (χ2n) is 2.19. The molecule has 1 aromatic rings. The van der Waals surface area contributed by atoms with Gasteiger partial charge in [0.2, 0.25) is 0 Å². The van der Waals surface area contributed by atoms with Gasteiger partial charge in [0.1, 0.15) is 0 Å². The molecule has 0 fully saturated rings. The van der Waals surface area contributed by atoms with Gasteiger partial charge in [0.25, 0.3) is 0 Å². The zero-order valence-corrected chi connectivity index (χ0v) is 8.44. The quantitative estimate of drug-likeness (QED) is 0.782. The molecule has 1 rings (SSSR count). The first-order valence-electron chi connectivity index (χ1n) is 3.18. The number of carboxylic acids is 2. The maximum atomic E-state index is 10.3. The Hall–Kier alpha value is -1.15. The molecule has 0 amide bonds. The summed E-state index contributed by atoms with van der Waals surface area (Å²) in [5.41, 5.74) is 0.167. The number of carbonyl (C=O) groups is 2. The van der Waals surface area contributed by atoms with Crippen LogP contribution < -0.4 is 0 Å². The van der Waals surface area contributed by atoms with Crippen molar-refractivity contribution in [2.24, 2.45) is 0 Å². The van der Waals surface area contributed by atoms with Gasteiger partial charge in [-0.3, -0.25) is 0 Å². The fourth-order valence-corrected chi connectivity index (χ4v) is 0.755. The van der Waals surface area contributed by atoms with E-state index in [1.165, 1.54) is 24.3 Å². The van der Waals surface area contributed by atoms with Crippen molar-refractivity contribution in [3.05, 3.63) is 35.4 Å². The van der Waals surface area contributed by atoms with Crippen molar-refractivity contribution in [1.82, 2.24) is 0 Å². The number of aromatic carboxylic acids is 2. The molecule has 0 aliphatic rings. The SMILES string of the molecule is O=C(O)c1ccc(C(=O)O)cc1.[Mo]. The van der Waals surface area contributed by atoms with Crippen LogP contribution >= 0.6 is 0 Å². The number of carboxylic acid groups (broad SMARTS) is 2. The molecule has 5 heteroatoms. The van der Waals surface area contributed by atoms with Crippen molar-refractivity contribution in [1.29, 1.82) is 0 Å². The van der Waals surface area contributed by atoms with Crippen molar-refractivity contribution in [3.63, 3.8) is 0 Å². The summed E-state index contributed by atoms with van der Waals surface area (Å²) in [6, 6.07) is 5.02. The fraction of sp³-hybridized carbons (Fsp3) is 0. The van der Waals surface area contributed by atoms with Crippen LogP contribution in [0, 0.1) is 0 Å². The first kappa shape index (κ1) is 11.8. The van der Waals surface area contributed by atoms with E-state index in [-0.39, 0.29) is 32.2 Å². The van der Waals surface area contributed by atoms with Gasteiger partial charge in [0.15, 0.2) is 0 Å². The first-order chi connectivity index (χ1) is 5.61. The van der Waals surface area contributed by atoms with E-state index in [1.807, 2.05) is 0 Å². The monoisotopic (exact) mass is 264 g/mol. The molecule has 4 nitrogen and oxygen atoms in total. The van der Waals surface area contributed by atoms with E-state index < -0.39 is 11.9 Å². The Morgan fingerprint density at radius 2 is 1.08 bits per heavy atom. The standard InChI is InChI=1S/C8H6O4.Mo/c9-7(10)5-1-2-6(4-3-5)8(11)12;/h1-4H,(H,9,10)(H,11,12);. The van der Waals surface area contributed by atoms with Crippen LogP contribution in [0.4, 0.5) is 0 Å². The van der Waals surface area contributed by atoms with Gasteiger partial charge in [0, 0.05) is 21.1 Å². The summed E-state index contributed by atoms with van der Waals surface area (Å²) in [5.74, 6) is -2.13. The molecule has 0 radical (unpaired) electrons. The Labute approximate surface area is 88.5 Å². The molecule has 2 N–H and O–H groups in total. The molecular weight excluding hydrogens is 256 g/mol. The van der Waals surface area contributed by atoms with Gasteiger partial charge in [-0.2, -0.15) is 0 Å². The molecule has 0 heterocycles. The van der Waals surface area contributed by atoms with Gasteiger partial charge in [0.05, 0.1) is 11.1 Å². The van der Waals surface area contributed by atoms with Crippen LogP contribution in [0.5, 0.6) is 0 Å². The summed E-state index contributed by atoms with van der Waals surface area (Å²) in [6.45, 7) is 0. The summed E-state index contributed by atoms with van der Waals surface area (Å²) in [5, 5.41) is 16.9. The molecule has 0 unspecified atom stereocenters. The molecular formula is C8H6MoO4. The Morgan fingerprint density at radius 1 is 0.846 bits per heavy atom. The molecule has 0 bridgehead atoms. The summed E-state index contributed by atoms with van der Waals surface area (Å²) in [7, 11) is 0. The third-order valence-electron chi connectivity index (χ3n) is 1.38. The zero-order valence-electron chi connectivity index (χ0n) is 6.43. The predicted molar refractivity (Wildman–Crippen MR) is 40.4 cm³/mol. The molecule has 1 aromatic carbocycles. The van der Waals surface area contributed by atoms with E-state index in [0.717, 1.165) is 0 Å². The molecule has 0 spiro atoms. The van der Waals surface area contributed by atoms with Crippen LogP contribution in [-0.4, -0.2) is 22.2 Å². The van der Waals surface area contributed by atoms with Gasteiger partial charge < -0.3 is 10.2 Å². The Kier molecular flexibility index (Phi) is 4.35. The van der Waals surface area contributed by atoms with Gasteiger partial charge in [-0.1, -0.05) is 0 Å². The van der Waals surface area contributed by atoms with Gasteiger partial charge in [-0.05, 0) is 24.3 Å². The third kappa shape index (κ3) is 2.99. The minimum Gasteiger partial charge on any atom is -0.478 e. The van der Waals surface area contributed by atoms with Crippen LogP contribution in [0.3, 0.4) is 0 Å². The van der Waals surface area contributed by atoms with Crippen molar-refractivity contribution in [2.75, 3.05) is 0 Å². The number of rotatable bonds is 2. The van der Waals surface area contributed by atoms with Crippen molar-refractivity contribution in [3.8, 4) is 0 Å². The molecule has 0 aliphatic carbocycles. The van der Waals surface area contributed by atoms with Crippen LogP contribution in [0.25, 0.3) is 0 Å². The number of hydrogen-bond acceptors (Lipinski definition) is 2. The maximum Gasteiger partial charge on any atom is 0.335 e. The second kappa shape index (κ2) is 4.77. The van der Waals surface area contributed by atoms with E-state index in [4.69, 9.17) is 10.2 Å². The smallest absolute Gasteiger partial charge is 0.335 e. The van der Waals surface area contributed by atoms with Crippen LogP contribution in [0.2, 0.25) is 0 Å². The maximum absolute atomic E-state index is 10.3. The van der Waals surface area contributed by atoms with Crippen LogP contribution in [-0.2, 0) is 21.1 Å². The van der Waals surface area contributed by atoms with Gasteiger partial charge in [-0.25, -0.2) is 9.59 Å². The average Bonchev–Trinajstić information content (AvgIpc) is 2.04. The average molecular weight is 262 g/mol. The second-order valence-corrected chi connectivity index (χ2v) is 2.19. The molecule has 0 aliphatic heterocycles. The van der Waals surface area contributed by atoms with Crippen molar-refractivity contribution in [2.45, 2.75) is 0 Å². The molecule has 13 heavy (non-hydrogen) atoms. The molecule has 0 saturated carbocycles. The van der Waals surface area contributed by atoms with Crippen molar-refractivity contribution < 1.29 is 40.9 Å². The normalized spacial score (nSPS) is 8.62. The molecule has 68 valence electrons. The Balaban J connectivity index is 0.00000144. The van der Waals surface area contributed by atoms with E-state index >= 15 is 0 Å². The van der Waals surface area contributed by atoms with Crippen LogP contribution in [0.1, 0.15) is 20.7 Å². The Bertz CT molecular complexity index is 284. The van der Waals surface area contributed by atoms with Crippen LogP contribution in [0.15, 0.2) is 24.3 Å². The first-order valence-corrected chi connectivity index (χ1v) is 3.18. The third-order valence-corrected chi connectivity index (χ3v) is 1.38.